The highest BCUT2D eigenvalue weighted by molar-refractivity contribution is 6.35. The molecule has 1 rings (SSSR count). The van der Waals surface area contributed by atoms with Crippen LogP contribution in [0.5, 0.6) is 0 Å². The monoisotopic (exact) mass is 193 g/mol. The van der Waals surface area contributed by atoms with Gasteiger partial charge in [-0.25, -0.2) is 4.98 Å². The Morgan fingerprint density at radius 1 is 1.55 bits per heavy atom. The van der Waals surface area contributed by atoms with Gasteiger partial charge in [0.15, 0.2) is 0 Å². The average Bonchev–Trinajstić information content (AvgIpc) is 1.85. The molecule has 0 saturated carbocycles. The quantitative estimate of drug-likeness (QED) is 0.507. The van der Waals surface area contributed by atoms with Crippen LogP contribution in [0.15, 0.2) is 12.3 Å². The molecule has 0 saturated heterocycles. The Balaban J connectivity index is 3.20. The van der Waals surface area contributed by atoms with Crippen LogP contribution >= 0.6 is 23.2 Å². The zero-order valence-electron chi connectivity index (χ0n) is 5.14. The number of halogens is 3. The zero-order chi connectivity index (χ0) is 8.43. The van der Waals surface area contributed by atoms with Gasteiger partial charge in [-0.15, -0.1) is 0 Å². The van der Waals surface area contributed by atoms with Gasteiger partial charge in [0.2, 0.25) is 0 Å². The Morgan fingerprint density at radius 3 is 2.64 bits per heavy atom. The van der Waals surface area contributed by atoms with Crippen molar-refractivity contribution < 1.29 is 9.18 Å². The predicted octanol–water partition coefficient (Wildman–Crippen LogP) is 2.50. The molecule has 1 aromatic heterocycles. The largest absolute Gasteiger partial charge is 0.335 e. The molecular weight excluding hydrogens is 192 g/mol. The Hall–Kier alpha value is -0.670. The van der Waals surface area contributed by atoms with Crippen molar-refractivity contribution >= 4 is 29.2 Å². The Morgan fingerprint density at radius 2 is 2.18 bits per heavy atom. The molecule has 5 heteroatoms. The van der Waals surface area contributed by atoms with Gasteiger partial charge in [-0.2, -0.15) is 4.39 Å². The molecule has 0 aliphatic rings. The molecule has 1 heterocycles. The third-order valence-electron chi connectivity index (χ3n) is 1.03. The van der Waals surface area contributed by atoms with Crippen LogP contribution in [0.2, 0.25) is 10.2 Å². The zero-order valence-corrected chi connectivity index (χ0v) is 6.66. The fourth-order valence-electron chi connectivity index (χ4n) is 0.552. The van der Waals surface area contributed by atoms with E-state index in [-0.39, 0.29) is 15.7 Å². The second-order valence-electron chi connectivity index (χ2n) is 1.76. The fraction of sp³-hybridized carbons (Fsp3) is 0. The summed E-state index contributed by atoms with van der Waals surface area (Å²) in [6.45, 7) is 0. The summed E-state index contributed by atoms with van der Waals surface area (Å²) >= 11 is 10.8. The standard InChI is InChI=1S/C6H2Cl2FNO/c7-4-1-5(8)10-2-3(4)6(9)11/h1-2H. The molecule has 0 aromatic carbocycles. The lowest BCUT2D eigenvalue weighted by atomic mass is 10.3. The maximum atomic E-state index is 12.0. The summed E-state index contributed by atoms with van der Waals surface area (Å²) in [6.07, 6.45) is 0.993. The molecule has 0 atom stereocenters. The first-order valence-electron chi connectivity index (χ1n) is 2.62. The van der Waals surface area contributed by atoms with E-state index in [1.807, 2.05) is 0 Å². The van der Waals surface area contributed by atoms with E-state index in [1.165, 1.54) is 6.07 Å². The lowest BCUT2D eigenvalue weighted by molar-refractivity contribution is 0.0835. The molecule has 0 bridgehead atoms. The third kappa shape index (κ3) is 1.88. The summed E-state index contributed by atoms with van der Waals surface area (Å²) in [7, 11) is 0. The van der Waals surface area contributed by atoms with Gasteiger partial charge in [0, 0.05) is 6.20 Å². The van der Waals surface area contributed by atoms with Crippen molar-refractivity contribution in [3.05, 3.63) is 28.0 Å². The van der Waals surface area contributed by atoms with Crippen molar-refractivity contribution in [2.75, 3.05) is 0 Å². The molecule has 0 amide bonds. The Labute approximate surface area is 71.9 Å². The van der Waals surface area contributed by atoms with Crippen LogP contribution in [0.25, 0.3) is 0 Å². The maximum Gasteiger partial charge on any atom is 0.335 e. The minimum atomic E-state index is -1.61. The summed E-state index contributed by atoms with van der Waals surface area (Å²) < 4.78 is 12.0. The summed E-state index contributed by atoms with van der Waals surface area (Å²) in [5.74, 6) is 0. The van der Waals surface area contributed by atoms with Crippen molar-refractivity contribution in [2.45, 2.75) is 0 Å². The summed E-state index contributed by atoms with van der Waals surface area (Å²) in [5.41, 5.74) is -0.268. The molecular formula is C6H2Cl2FNO. The topological polar surface area (TPSA) is 30.0 Å². The second kappa shape index (κ2) is 3.15. The van der Waals surface area contributed by atoms with Gasteiger partial charge in [-0.3, -0.25) is 4.79 Å². The van der Waals surface area contributed by atoms with Gasteiger partial charge < -0.3 is 0 Å². The van der Waals surface area contributed by atoms with E-state index in [1.54, 1.807) is 0 Å². The molecule has 0 fully saturated rings. The third-order valence-corrected chi connectivity index (χ3v) is 1.55. The fourth-order valence-corrected chi connectivity index (χ4v) is 0.992. The smallest absolute Gasteiger partial charge is 0.255 e. The molecule has 1 aromatic rings. The molecule has 2 nitrogen and oxygen atoms in total. The van der Waals surface area contributed by atoms with E-state index in [0.29, 0.717) is 0 Å². The number of pyridine rings is 1. The van der Waals surface area contributed by atoms with Gasteiger partial charge in [-0.1, -0.05) is 23.2 Å². The van der Waals surface area contributed by atoms with Gasteiger partial charge in [0.05, 0.1) is 10.6 Å². The lowest BCUT2D eigenvalue weighted by Gasteiger charge is -1.95. The highest BCUT2D eigenvalue weighted by atomic mass is 35.5. The number of rotatable bonds is 1. The van der Waals surface area contributed by atoms with E-state index in [0.717, 1.165) is 6.20 Å². The number of hydrogen-bond donors (Lipinski definition) is 0. The van der Waals surface area contributed by atoms with Crippen molar-refractivity contribution in [2.24, 2.45) is 0 Å². The highest BCUT2D eigenvalue weighted by Gasteiger charge is 2.09. The molecule has 11 heavy (non-hydrogen) atoms. The molecule has 0 aliphatic carbocycles. The second-order valence-corrected chi connectivity index (χ2v) is 2.56. The van der Waals surface area contributed by atoms with E-state index < -0.39 is 6.04 Å². The molecule has 0 aliphatic heterocycles. The van der Waals surface area contributed by atoms with Crippen LogP contribution in [-0.2, 0) is 0 Å². The van der Waals surface area contributed by atoms with Crippen molar-refractivity contribution in [3.63, 3.8) is 0 Å². The summed E-state index contributed by atoms with van der Waals surface area (Å²) in [6, 6.07) is -0.408. The average molecular weight is 194 g/mol. The molecule has 58 valence electrons. The van der Waals surface area contributed by atoms with Crippen LogP contribution in [0.1, 0.15) is 10.4 Å². The first kappa shape index (κ1) is 8.43. The maximum absolute atomic E-state index is 12.0. The Bertz CT molecular complexity index is 303. The van der Waals surface area contributed by atoms with Crippen LogP contribution in [0.3, 0.4) is 0 Å². The molecule has 0 spiro atoms. The van der Waals surface area contributed by atoms with Gasteiger partial charge >= 0.3 is 6.04 Å². The van der Waals surface area contributed by atoms with Crippen LogP contribution in [0, 0.1) is 0 Å². The molecule has 0 radical (unpaired) electrons. The van der Waals surface area contributed by atoms with Gasteiger partial charge in [-0.05, 0) is 6.07 Å². The van der Waals surface area contributed by atoms with Crippen molar-refractivity contribution in [1.82, 2.24) is 4.98 Å². The SMILES string of the molecule is O=C(F)c1cnc(Cl)cc1Cl. The van der Waals surface area contributed by atoms with Gasteiger partial charge in [0.25, 0.3) is 0 Å². The number of hydrogen-bond acceptors (Lipinski definition) is 2. The van der Waals surface area contributed by atoms with E-state index in [9.17, 15) is 9.18 Å². The Kier molecular flexibility index (Phi) is 2.42. The number of nitrogens with zero attached hydrogens (tertiary/aromatic N) is 1. The number of aromatic nitrogens is 1. The van der Waals surface area contributed by atoms with Crippen LogP contribution < -0.4 is 0 Å². The number of carbonyl (C=O) groups is 1. The summed E-state index contributed by atoms with van der Waals surface area (Å²) in [5, 5.41) is 0.0949. The molecule has 0 unspecified atom stereocenters. The lowest BCUT2D eigenvalue weighted by Crippen LogP contribution is -1.92. The van der Waals surface area contributed by atoms with E-state index >= 15 is 0 Å². The van der Waals surface area contributed by atoms with Crippen molar-refractivity contribution in [1.29, 1.82) is 0 Å². The van der Waals surface area contributed by atoms with Crippen molar-refractivity contribution in [3.8, 4) is 0 Å². The minimum absolute atomic E-state index is 0.0301. The first-order chi connectivity index (χ1) is 5.11. The van der Waals surface area contributed by atoms with Crippen LogP contribution in [-0.4, -0.2) is 11.0 Å². The van der Waals surface area contributed by atoms with Gasteiger partial charge in [0.1, 0.15) is 5.15 Å². The highest BCUT2D eigenvalue weighted by Crippen LogP contribution is 2.18. The minimum Gasteiger partial charge on any atom is -0.255 e. The predicted molar refractivity (Wildman–Crippen MR) is 39.7 cm³/mol. The van der Waals surface area contributed by atoms with Crippen LogP contribution in [0.4, 0.5) is 4.39 Å². The number of carbonyl (C=O) groups excluding carboxylic acids is 1. The normalized spacial score (nSPS) is 9.73. The summed E-state index contributed by atoms with van der Waals surface area (Å²) in [4.78, 5) is 13.6. The van der Waals surface area contributed by atoms with E-state index in [2.05, 4.69) is 4.98 Å². The van der Waals surface area contributed by atoms with E-state index in [4.69, 9.17) is 23.2 Å². The molecule has 0 N–H and O–H groups in total. The first-order valence-corrected chi connectivity index (χ1v) is 3.37.